The number of hydrogen-bond acceptors (Lipinski definition) is 3. The van der Waals surface area contributed by atoms with Crippen LogP contribution in [0.2, 0.25) is 0 Å². The summed E-state index contributed by atoms with van der Waals surface area (Å²) in [7, 11) is 0. The van der Waals surface area contributed by atoms with Crippen molar-refractivity contribution in [3.05, 3.63) is 74.2 Å². The molecule has 1 unspecified atom stereocenters. The monoisotopic (exact) mass is 659 g/mol. The predicted molar refractivity (Wildman–Crippen MR) is 168 cm³/mol. The zero-order valence-corrected chi connectivity index (χ0v) is 26.4. The van der Waals surface area contributed by atoms with Crippen molar-refractivity contribution in [2.75, 3.05) is 6.54 Å². The molecule has 2 aromatic carbocycles. The maximum absolute atomic E-state index is 13.2. The third kappa shape index (κ3) is 9.60. The molecule has 1 atom stereocenters. The molecule has 1 amide bonds. The minimum atomic E-state index is -0.620. The number of aliphatic hydroxyl groups excluding tert-OH is 1. The molecule has 1 N–H and O–H groups in total. The zero-order valence-electron chi connectivity index (χ0n) is 23.3. The minimum Gasteiger partial charge on any atom is -0.507 e. The maximum Gasteiger partial charge on any atom is 0.295 e. The number of nitrogens with zero attached hydrogens (tertiary/aromatic N) is 1. The van der Waals surface area contributed by atoms with Crippen molar-refractivity contribution in [1.29, 1.82) is 0 Å². The van der Waals surface area contributed by atoms with Crippen LogP contribution in [0.25, 0.3) is 5.76 Å². The van der Waals surface area contributed by atoms with Crippen molar-refractivity contribution in [3.63, 3.8) is 0 Å². The summed E-state index contributed by atoms with van der Waals surface area (Å²) in [6, 6.07) is 14.2. The van der Waals surface area contributed by atoms with E-state index in [9.17, 15) is 14.7 Å². The SMILES string of the molecule is CCCCCCCCCCCCCCCCN1C(=O)C(=O)/C(=C(/O)c2cccc(Br)c2)C1c1ccc(Br)cc1. The molecule has 0 bridgehead atoms. The van der Waals surface area contributed by atoms with Gasteiger partial charge < -0.3 is 10.0 Å². The van der Waals surface area contributed by atoms with Gasteiger partial charge in [0.05, 0.1) is 11.6 Å². The summed E-state index contributed by atoms with van der Waals surface area (Å²) >= 11 is 6.90. The van der Waals surface area contributed by atoms with Crippen molar-refractivity contribution in [3.8, 4) is 0 Å². The minimum absolute atomic E-state index is 0.133. The first-order valence-corrected chi connectivity index (χ1v) is 16.3. The van der Waals surface area contributed by atoms with Crippen LogP contribution >= 0.6 is 31.9 Å². The van der Waals surface area contributed by atoms with Gasteiger partial charge in [-0.25, -0.2) is 0 Å². The van der Waals surface area contributed by atoms with Gasteiger partial charge in [-0.05, 0) is 36.2 Å². The topological polar surface area (TPSA) is 57.6 Å². The second-order valence-corrected chi connectivity index (χ2v) is 12.5. The lowest BCUT2D eigenvalue weighted by Crippen LogP contribution is -2.30. The van der Waals surface area contributed by atoms with Crippen molar-refractivity contribution in [2.45, 2.75) is 103 Å². The maximum atomic E-state index is 13.2. The van der Waals surface area contributed by atoms with Crippen LogP contribution in [-0.4, -0.2) is 28.2 Å². The van der Waals surface area contributed by atoms with E-state index in [-0.39, 0.29) is 11.3 Å². The number of hydrogen-bond donors (Lipinski definition) is 1. The normalized spacial score (nSPS) is 16.8. The van der Waals surface area contributed by atoms with Crippen molar-refractivity contribution in [2.24, 2.45) is 0 Å². The van der Waals surface area contributed by atoms with Gasteiger partial charge in [-0.15, -0.1) is 0 Å². The Morgan fingerprint density at radius 2 is 1.28 bits per heavy atom. The van der Waals surface area contributed by atoms with Gasteiger partial charge in [0.2, 0.25) is 0 Å². The van der Waals surface area contributed by atoms with Crippen LogP contribution in [0.5, 0.6) is 0 Å². The molecule has 1 aliphatic rings. The Morgan fingerprint density at radius 3 is 1.82 bits per heavy atom. The van der Waals surface area contributed by atoms with Gasteiger partial charge in [0.15, 0.2) is 0 Å². The number of ketones is 1. The second-order valence-electron chi connectivity index (χ2n) is 10.7. The number of aliphatic hydroxyl groups is 1. The van der Waals surface area contributed by atoms with Gasteiger partial charge in [-0.3, -0.25) is 9.59 Å². The van der Waals surface area contributed by atoms with E-state index in [1.165, 1.54) is 70.6 Å². The molecular weight excluding hydrogens is 618 g/mol. The molecular formula is C33H43Br2NO3. The van der Waals surface area contributed by atoms with Crippen molar-refractivity contribution < 1.29 is 14.7 Å². The summed E-state index contributed by atoms with van der Waals surface area (Å²) in [5.74, 6) is -1.29. The molecule has 1 saturated heterocycles. The highest BCUT2D eigenvalue weighted by Crippen LogP contribution is 2.40. The Hall–Kier alpha value is -1.92. The van der Waals surface area contributed by atoms with Gasteiger partial charge in [0.1, 0.15) is 5.76 Å². The van der Waals surface area contributed by atoms with Gasteiger partial charge >= 0.3 is 0 Å². The summed E-state index contributed by atoms with van der Waals surface area (Å²) in [5, 5.41) is 11.2. The number of benzene rings is 2. The number of likely N-dealkylation sites (tertiary alicyclic amines) is 1. The van der Waals surface area contributed by atoms with E-state index in [1.807, 2.05) is 30.3 Å². The highest BCUT2D eigenvalue weighted by atomic mass is 79.9. The van der Waals surface area contributed by atoms with Gasteiger partial charge in [0.25, 0.3) is 11.7 Å². The van der Waals surface area contributed by atoms with Crippen LogP contribution in [0, 0.1) is 0 Å². The second kappa shape index (κ2) is 17.0. The first-order valence-electron chi connectivity index (χ1n) is 14.7. The van der Waals surface area contributed by atoms with Crippen LogP contribution in [0.4, 0.5) is 0 Å². The first kappa shape index (κ1) is 31.6. The smallest absolute Gasteiger partial charge is 0.295 e. The standard InChI is InChI=1S/C33H43Br2NO3/c1-2-3-4-5-6-7-8-9-10-11-12-13-14-15-23-36-30(25-19-21-27(34)22-20-25)29(32(38)33(36)39)31(37)26-17-16-18-28(35)24-26/h16-22,24,30,37H,2-15,23H2,1H3/b31-29+. The molecule has 212 valence electrons. The number of carbonyl (C=O) groups is 2. The highest BCUT2D eigenvalue weighted by Gasteiger charge is 2.45. The molecule has 0 saturated carbocycles. The van der Waals surface area contributed by atoms with Crippen LogP contribution in [0.3, 0.4) is 0 Å². The van der Waals surface area contributed by atoms with Crippen LogP contribution in [-0.2, 0) is 9.59 Å². The summed E-state index contributed by atoms with van der Waals surface area (Å²) in [5.41, 5.74) is 1.49. The fraction of sp³-hybridized carbons (Fsp3) is 0.515. The van der Waals surface area contributed by atoms with Crippen LogP contribution < -0.4 is 0 Å². The van der Waals surface area contributed by atoms with E-state index < -0.39 is 17.7 Å². The lowest BCUT2D eigenvalue weighted by atomic mass is 9.95. The third-order valence-electron chi connectivity index (χ3n) is 7.58. The molecule has 0 aromatic heterocycles. The quantitative estimate of drug-likeness (QED) is 0.0795. The van der Waals surface area contributed by atoms with E-state index in [0.29, 0.717) is 12.1 Å². The number of unbranched alkanes of at least 4 members (excludes halogenated alkanes) is 13. The fourth-order valence-electron chi connectivity index (χ4n) is 5.37. The van der Waals surface area contributed by atoms with E-state index in [2.05, 4.69) is 38.8 Å². The van der Waals surface area contributed by atoms with Crippen LogP contribution in [0.15, 0.2) is 63.0 Å². The van der Waals surface area contributed by atoms with Gasteiger partial charge in [0, 0.05) is 21.1 Å². The number of amides is 1. The predicted octanol–water partition coefficient (Wildman–Crippen LogP) is 10.1. The van der Waals surface area contributed by atoms with E-state index in [4.69, 9.17) is 0 Å². The number of Topliss-reactive ketones (excluding diaryl/α,β-unsaturated/α-hetero) is 1. The first-order chi connectivity index (χ1) is 18.9. The Kier molecular flexibility index (Phi) is 13.8. The summed E-state index contributed by atoms with van der Waals surface area (Å²) in [6.07, 6.45) is 17.7. The lowest BCUT2D eigenvalue weighted by Gasteiger charge is -2.25. The number of rotatable bonds is 17. The lowest BCUT2D eigenvalue weighted by molar-refractivity contribution is -0.139. The summed E-state index contributed by atoms with van der Waals surface area (Å²) in [4.78, 5) is 28.0. The molecule has 1 aliphatic heterocycles. The average Bonchev–Trinajstić information content (AvgIpc) is 3.18. The third-order valence-corrected chi connectivity index (χ3v) is 8.60. The van der Waals surface area contributed by atoms with Crippen molar-refractivity contribution in [1.82, 2.24) is 4.90 Å². The Labute approximate surface area is 251 Å². The largest absolute Gasteiger partial charge is 0.507 e. The van der Waals surface area contributed by atoms with Gasteiger partial charge in [-0.2, -0.15) is 0 Å². The Balaban J connectivity index is 1.53. The van der Waals surface area contributed by atoms with E-state index in [1.54, 1.807) is 23.1 Å². The molecule has 6 heteroatoms. The molecule has 39 heavy (non-hydrogen) atoms. The fourth-order valence-corrected chi connectivity index (χ4v) is 6.03. The number of halogens is 2. The van der Waals surface area contributed by atoms with Crippen molar-refractivity contribution >= 4 is 49.3 Å². The molecule has 3 rings (SSSR count). The summed E-state index contributed by atoms with van der Waals surface area (Å²) in [6.45, 7) is 2.76. The Bertz CT molecular complexity index is 1100. The summed E-state index contributed by atoms with van der Waals surface area (Å²) < 4.78 is 1.71. The van der Waals surface area contributed by atoms with E-state index >= 15 is 0 Å². The van der Waals surface area contributed by atoms with Gasteiger partial charge in [-0.1, -0.05) is 147 Å². The molecule has 0 radical (unpaired) electrons. The zero-order chi connectivity index (χ0) is 28.0. The molecule has 0 aliphatic carbocycles. The molecule has 4 nitrogen and oxygen atoms in total. The molecule has 1 fully saturated rings. The van der Waals surface area contributed by atoms with E-state index in [0.717, 1.165) is 33.8 Å². The average molecular weight is 662 g/mol. The Morgan fingerprint density at radius 1 is 0.744 bits per heavy atom. The van der Waals surface area contributed by atoms with Crippen LogP contribution in [0.1, 0.15) is 114 Å². The molecule has 0 spiro atoms. The molecule has 1 heterocycles. The highest BCUT2D eigenvalue weighted by molar-refractivity contribution is 9.10. The number of carbonyl (C=O) groups excluding carboxylic acids is 2. The molecule has 2 aromatic rings.